The number of aromatic nitrogens is 4. The zero-order valence-corrected chi connectivity index (χ0v) is 15.6. The van der Waals surface area contributed by atoms with E-state index in [2.05, 4.69) is 19.5 Å². The van der Waals surface area contributed by atoms with Gasteiger partial charge >= 0.3 is 0 Å². The van der Waals surface area contributed by atoms with Crippen LogP contribution in [0.2, 0.25) is 5.02 Å². The van der Waals surface area contributed by atoms with Crippen molar-refractivity contribution in [3.63, 3.8) is 0 Å². The molecule has 1 fully saturated rings. The van der Waals surface area contributed by atoms with E-state index >= 15 is 0 Å². The van der Waals surface area contributed by atoms with Crippen molar-refractivity contribution in [1.29, 1.82) is 0 Å². The molecular formula is C20H18ClN5O. The quantitative estimate of drug-likeness (QED) is 0.573. The third kappa shape index (κ3) is 2.68. The number of rotatable bonds is 2. The number of carbonyl (C=O) groups is 1. The SMILES string of the molecule is Cc1nc2cccnc2n1[C@H]1CCN(C(=O)c2cc3cc(Cl)ccc3[nH]2)C1. The Morgan fingerprint density at radius 2 is 2.19 bits per heavy atom. The van der Waals surface area contributed by atoms with Gasteiger partial charge in [0.1, 0.15) is 17.0 Å². The van der Waals surface area contributed by atoms with E-state index < -0.39 is 0 Å². The average Bonchev–Trinajstić information content (AvgIpc) is 3.36. The monoisotopic (exact) mass is 379 g/mol. The molecule has 0 saturated carbocycles. The number of pyridine rings is 1. The molecule has 7 heteroatoms. The molecule has 136 valence electrons. The molecule has 0 aliphatic carbocycles. The first kappa shape index (κ1) is 16.3. The predicted octanol–water partition coefficient (Wildman–Crippen LogP) is 3.96. The molecule has 3 aromatic heterocycles. The summed E-state index contributed by atoms with van der Waals surface area (Å²) in [6.07, 6.45) is 2.67. The molecule has 1 saturated heterocycles. The smallest absolute Gasteiger partial charge is 0.270 e. The summed E-state index contributed by atoms with van der Waals surface area (Å²) >= 11 is 6.05. The van der Waals surface area contributed by atoms with E-state index in [1.807, 2.05) is 48.2 Å². The summed E-state index contributed by atoms with van der Waals surface area (Å²) in [5, 5.41) is 1.61. The molecule has 6 nitrogen and oxygen atoms in total. The van der Waals surface area contributed by atoms with Crippen LogP contribution in [0.25, 0.3) is 22.1 Å². The highest BCUT2D eigenvalue weighted by atomic mass is 35.5. The topological polar surface area (TPSA) is 66.8 Å². The van der Waals surface area contributed by atoms with Gasteiger partial charge in [-0.3, -0.25) is 4.79 Å². The van der Waals surface area contributed by atoms with Gasteiger partial charge < -0.3 is 14.5 Å². The maximum atomic E-state index is 13.0. The van der Waals surface area contributed by atoms with Crippen LogP contribution in [0.4, 0.5) is 0 Å². The zero-order chi connectivity index (χ0) is 18.5. The van der Waals surface area contributed by atoms with Gasteiger partial charge in [-0.05, 0) is 49.7 Å². The van der Waals surface area contributed by atoms with Crippen LogP contribution >= 0.6 is 11.6 Å². The maximum absolute atomic E-state index is 13.0. The zero-order valence-electron chi connectivity index (χ0n) is 14.8. The first-order chi connectivity index (χ1) is 13.1. The minimum absolute atomic E-state index is 0.0138. The standard InChI is InChI=1S/C20H18ClN5O/c1-12-23-17-3-2-7-22-19(17)26(12)15-6-8-25(11-15)20(27)18-10-13-9-14(21)4-5-16(13)24-18/h2-5,7,9-10,15,24H,6,8,11H2,1H3/t15-/m0/s1. The molecule has 1 aliphatic rings. The van der Waals surface area contributed by atoms with Gasteiger partial charge in [-0.25, -0.2) is 9.97 Å². The van der Waals surface area contributed by atoms with Gasteiger partial charge in [-0.1, -0.05) is 11.6 Å². The fourth-order valence-electron chi connectivity index (χ4n) is 4.01. The number of aromatic amines is 1. The molecule has 0 bridgehead atoms. The van der Waals surface area contributed by atoms with E-state index in [1.54, 1.807) is 6.20 Å². The Morgan fingerprint density at radius 3 is 3.07 bits per heavy atom. The first-order valence-electron chi connectivity index (χ1n) is 8.97. The van der Waals surface area contributed by atoms with Crippen LogP contribution in [0.3, 0.4) is 0 Å². The van der Waals surface area contributed by atoms with Crippen molar-refractivity contribution >= 4 is 39.6 Å². The average molecular weight is 380 g/mol. The third-order valence-corrected chi connectivity index (χ3v) is 5.49. The summed E-state index contributed by atoms with van der Waals surface area (Å²) < 4.78 is 2.16. The van der Waals surface area contributed by atoms with Gasteiger partial charge in [0.2, 0.25) is 0 Å². The number of aryl methyl sites for hydroxylation is 1. The Bertz CT molecular complexity index is 1180. The Hall–Kier alpha value is -2.86. The molecule has 4 heterocycles. The van der Waals surface area contributed by atoms with E-state index in [4.69, 9.17) is 11.6 Å². The number of carbonyl (C=O) groups excluding carboxylic acids is 1. The van der Waals surface area contributed by atoms with E-state index in [0.29, 0.717) is 23.8 Å². The lowest BCUT2D eigenvalue weighted by atomic mass is 10.2. The number of amides is 1. The highest BCUT2D eigenvalue weighted by molar-refractivity contribution is 6.31. The largest absolute Gasteiger partial charge is 0.351 e. The molecule has 4 aromatic rings. The lowest BCUT2D eigenvalue weighted by Crippen LogP contribution is -2.29. The second-order valence-electron chi connectivity index (χ2n) is 6.98. The van der Waals surface area contributed by atoms with Crippen LogP contribution in [0.5, 0.6) is 0 Å². The summed E-state index contributed by atoms with van der Waals surface area (Å²) in [6, 6.07) is 11.5. The number of halogens is 1. The van der Waals surface area contributed by atoms with Gasteiger partial charge in [-0.15, -0.1) is 0 Å². The minimum atomic E-state index is 0.0138. The van der Waals surface area contributed by atoms with Crippen molar-refractivity contribution < 1.29 is 4.79 Å². The second kappa shape index (κ2) is 6.09. The number of H-pyrrole nitrogens is 1. The van der Waals surface area contributed by atoms with Crippen molar-refractivity contribution in [2.45, 2.75) is 19.4 Å². The number of hydrogen-bond donors (Lipinski definition) is 1. The van der Waals surface area contributed by atoms with Gasteiger partial charge in [0.05, 0.1) is 6.04 Å². The predicted molar refractivity (Wildman–Crippen MR) is 105 cm³/mol. The fraction of sp³-hybridized carbons (Fsp3) is 0.250. The molecule has 1 aliphatic heterocycles. The van der Waals surface area contributed by atoms with Crippen molar-refractivity contribution in [1.82, 2.24) is 24.4 Å². The molecule has 1 amide bonds. The molecule has 0 radical (unpaired) electrons. The number of nitrogens with zero attached hydrogens (tertiary/aromatic N) is 4. The van der Waals surface area contributed by atoms with E-state index in [9.17, 15) is 4.79 Å². The lowest BCUT2D eigenvalue weighted by molar-refractivity contribution is 0.0783. The molecule has 0 spiro atoms. The van der Waals surface area contributed by atoms with E-state index in [-0.39, 0.29) is 11.9 Å². The maximum Gasteiger partial charge on any atom is 0.270 e. The fourth-order valence-corrected chi connectivity index (χ4v) is 4.19. The first-order valence-corrected chi connectivity index (χ1v) is 9.35. The molecule has 1 aromatic carbocycles. The number of hydrogen-bond acceptors (Lipinski definition) is 3. The van der Waals surface area contributed by atoms with Gasteiger partial charge in [0.25, 0.3) is 5.91 Å². The van der Waals surface area contributed by atoms with Crippen molar-refractivity contribution in [3.05, 3.63) is 59.1 Å². The number of likely N-dealkylation sites (tertiary alicyclic amines) is 1. The lowest BCUT2D eigenvalue weighted by Gasteiger charge is -2.17. The Kier molecular flexibility index (Phi) is 3.68. The molecule has 0 unspecified atom stereocenters. The molecule has 27 heavy (non-hydrogen) atoms. The number of benzene rings is 1. The van der Waals surface area contributed by atoms with E-state index in [1.165, 1.54) is 0 Å². The van der Waals surface area contributed by atoms with E-state index in [0.717, 1.165) is 34.3 Å². The Labute approximate surface area is 160 Å². The molecule has 1 N–H and O–H groups in total. The second-order valence-corrected chi connectivity index (χ2v) is 7.42. The third-order valence-electron chi connectivity index (χ3n) is 5.25. The molecular weight excluding hydrogens is 362 g/mol. The minimum Gasteiger partial charge on any atom is -0.351 e. The summed E-state index contributed by atoms with van der Waals surface area (Å²) in [7, 11) is 0. The van der Waals surface area contributed by atoms with Crippen molar-refractivity contribution in [3.8, 4) is 0 Å². The Morgan fingerprint density at radius 1 is 1.30 bits per heavy atom. The van der Waals surface area contributed by atoms with Crippen LogP contribution in [-0.2, 0) is 0 Å². The summed E-state index contributed by atoms with van der Waals surface area (Å²) in [5.41, 5.74) is 3.29. The highest BCUT2D eigenvalue weighted by Crippen LogP contribution is 2.28. The van der Waals surface area contributed by atoms with Crippen LogP contribution in [0.15, 0.2) is 42.6 Å². The van der Waals surface area contributed by atoms with Crippen LogP contribution < -0.4 is 0 Å². The van der Waals surface area contributed by atoms with Crippen LogP contribution in [-0.4, -0.2) is 43.4 Å². The molecule has 5 rings (SSSR count). The summed E-state index contributed by atoms with van der Waals surface area (Å²) in [5.74, 6) is 0.947. The van der Waals surface area contributed by atoms with Crippen LogP contribution in [0, 0.1) is 6.92 Å². The van der Waals surface area contributed by atoms with Crippen molar-refractivity contribution in [2.75, 3.05) is 13.1 Å². The highest BCUT2D eigenvalue weighted by Gasteiger charge is 2.30. The molecule has 1 atom stereocenters. The van der Waals surface area contributed by atoms with Gasteiger partial charge in [0.15, 0.2) is 5.65 Å². The van der Waals surface area contributed by atoms with Crippen molar-refractivity contribution in [2.24, 2.45) is 0 Å². The number of fused-ring (bicyclic) bond motifs is 2. The Balaban J connectivity index is 1.42. The summed E-state index contributed by atoms with van der Waals surface area (Å²) in [6.45, 7) is 3.36. The van der Waals surface area contributed by atoms with Gasteiger partial charge in [0, 0.05) is 35.2 Å². The summed E-state index contributed by atoms with van der Waals surface area (Å²) in [4.78, 5) is 27.2. The normalized spacial score (nSPS) is 17.3. The van der Waals surface area contributed by atoms with Crippen LogP contribution in [0.1, 0.15) is 28.8 Å². The number of imidazole rings is 1. The number of nitrogens with one attached hydrogen (secondary N) is 1. The van der Waals surface area contributed by atoms with Gasteiger partial charge in [-0.2, -0.15) is 0 Å².